The molecule has 0 aliphatic carbocycles. The van der Waals surface area contributed by atoms with Crippen LogP contribution in [-0.4, -0.2) is 15.6 Å². The Bertz CT molecular complexity index is 639. The van der Waals surface area contributed by atoms with Crippen molar-refractivity contribution in [1.82, 2.24) is 4.57 Å². The first kappa shape index (κ1) is 15.4. The summed E-state index contributed by atoms with van der Waals surface area (Å²) in [7, 11) is 0. The van der Waals surface area contributed by atoms with Crippen LogP contribution in [-0.2, 0) is 12.0 Å². The monoisotopic (exact) mass is 285 g/mol. The summed E-state index contributed by atoms with van der Waals surface area (Å²) >= 11 is 0. The molecule has 0 saturated carbocycles. The van der Waals surface area contributed by atoms with Gasteiger partial charge in [-0.1, -0.05) is 30.3 Å². The number of benzene rings is 1. The van der Waals surface area contributed by atoms with E-state index >= 15 is 0 Å². The molecule has 0 saturated heterocycles. The SMILES string of the molecule is Cc1cc(C(=O)O)c(C)n1C(C)(C)CCc1ccccc1. The van der Waals surface area contributed by atoms with Crippen molar-refractivity contribution in [1.29, 1.82) is 0 Å². The largest absolute Gasteiger partial charge is 0.478 e. The van der Waals surface area contributed by atoms with Crippen LogP contribution in [0.25, 0.3) is 0 Å². The molecular formula is C18H23NO2. The van der Waals surface area contributed by atoms with E-state index in [1.165, 1.54) is 5.56 Å². The van der Waals surface area contributed by atoms with Crippen molar-refractivity contribution >= 4 is 5.97 Å². The van der Waals surface area contributed by atoms with Crippen LogP contribution >= 0.6 is 0 Å². The van der Waals surface area contributed by atoms with E-state index in [2.05, 4.69) is 42.7 Å². The minimum atomic E-state index is -0.854. The van der Waals surface area contributed by atoms with Gasteiger partial charge in [0.25, 0.3) is 0 Å². The van der Waals surface area contributed by atoms with Crippen LogP contribution in [0.2, 0.25) is 0 Å². The molecule has 2 rings (SSSR count). The van der Waals surface area contributed by atoms with Crippen LogP contribution in [0.1, 0.15) is 47.6 Å². The molecule has 2 aromatic rings. The molecule has 1 aromatic heterocycles. The van der Waals surface area contributed by atoms with Gasteiger partial charge >= 0.3 is 5.97 Å². The fourth-order valence-corrected chi connectivity index (χ4v) is 3.12. The second-order valence-corrected chi connectivity index (χ2v) is 6.22. The predicted octanol–water partition coefficient (Wildman–Crippen LogP) is 4.17. The first-order chi connectivity index (χ1) is 9.83. The number of aryl methyl sites for hydroxylation is 2. The van der Waals surface area contributed by atoms with Crippen LogP contribution in [0.15, 0.2) is 36.4 Å². The molecular weight excluding hydrogens is 262 g/mol. The molecule has 1 heterocycles. The second-order valence-electron chi connectivity index (χ2n) is 6.22. The highest BCUT2D eigenvalue weighted by atomic mass is 16.4. The third kappa shape index (κ3) is 3.18. The van der Waals surface area contributed by atoms with E-state index < -0.39 is 5.97 Å². The summed E-state index contributed by atoms with van der Waals surface area (Å²) in [6.45, 7) is 8.20. The van der Waals surface area contributed by atoms with Gasteiger partial charge in [-0.15, -0.1) is 0 Å². The molecule has 3 heteroatoms. The van der Waals surface area contributed by atoms with E-state index in [9.17, 15) is 9.90 Å². The average Bonchev–Trinajstić information content (AvgIpc) is 2.74. The number of aromatic carboxylic acids is 1. The fourth-order valence-electron chi connectivity index (χ4n) is 3.12. The molecule has 3 nitrogen and oxygen atoms in total. The second kappa shape index (κ2) is 5.76. The Morgan fingerprint density at radius 1 is 1.19 bits per heavy atom. The van der Waals surface area contributed by atoms with Gasteiger partial charge in [0.2, 0.25) is 0 Å². The standard InChI is InChI=1S/C18H23NO2/c1-13-12-16(17(20)21)14(2)19(13)18(3,4)11-10-15-8-6-5-7-9-15/h5-9,12H,10-11H2,1-4H3,(H,20,21). The number of carbonyl (C=O) groups is 1. The Balaban J connectivity index is 2.25. The van der Waals surface area contributed by atoms with Gasteiger partial charge in [-0.2, -0.15) is 0 Å². The van der Waals surface area contributed by atoms with Crippen molar-refractivity contribution in [2.45, 2.75) is 46.1 Å². The summed E-state index contributed by atoms with van der Waals surface area (Å²) in [6, 6.07) is 12.2. The zero-order valence-corrected chi connectivity index (χ0v) is 13.2. The summed E-state index contributed by atoms with van der Waals surface area (Å²) in [5.41, 5.74) is 3.44. The minimum absolute atomic E-state index is 0.113. The van der Waals surface area contributed by atoms with E-state index in [0.29, 0.717) is 5.56 Å². The highest BCUT2D eigenvalue weighted by molar-refractivity contribution is 5.89. The molecule has 0 aliphatic heterocycles. The average molecular weight is 285 g/mol. The van der Waals surface area contributed by atoms with Gasteiger partial charge in [0.05, 0.1) is 5.56 Å². The van der Waals surface area contributed by atoms with Gasteiger partial charge in [0, 0.05) is 16.9 Å². The van der Waals surface area contributed by atoms with Gasteiger partial charge in [0.1, 0.15) is 0 Å². The van der Waals surface area contributed by atoms with Crippen LogP contribution in [0.3, 0.4) is 0 Å². The quantitative estimate of drug-likeness (QED) is 0.895. The van der Waals surface area contributed by atoms with E-state index in [4.69, 9.17) is 0 Å². The zero-order chi connectivity index (χ0) is 15.6. The number of nitrogens with zero attached hydrogens (tertiary/aromatic N) is 1. The van der Waals surface area contributed by atoms with E-state index in [0.717, 1.165) is 24.2 Å². The lowest BCUT2D eigenvalue weighted by molar-refractivity contribution is 0.0695. The molecule has 0 bridgehead atoms. The number of rotatable bonds is 5. The van der Waals surface area contributed by atoms with Crippen molar-refractivity contribution in [2.24, 2.45) is 0 Å². The summed E-state index contributed by atoms with van der Waals surface area (Å²) < 4.78 is 2.15. The Labute approximate surface area is 126 Å². The molecule has 0 fully saturated rings. The Hall–Kier alpha value is -2.03. The summed E-state index contributed by atoms with van der Waals surface area (Å²) in [5, 5.41) is 9.26. The maximum absolute atomic E-state index is 11.3. The Kier molecular flexibility index (Phi) is 4.21. The molecule has 0 amide bonds. The molecule has 0 spiro atoms. The van der Waals surface area contributed by atoms with Crippen molar-refractivity contribution in [3.8, 4) is 0 Å². The highest BCUT2D eigenvalue weighted by Crippen LogP contribution is 2.29. The smallest absolute Gasteiger partial charge is 0.337 e. The molecule has 112 valence electrons. The normalized spacial score (nSPS) is 11.6. The Morgan fingerprint density at radius 3 is 2.33 bits per heavy atom. The molecule has 1 N–H and O–H groups in total. The lowest BCUT2D eigenvalue weighted by Crippen LogP contribution is -2.29. The molecule has 0 atom stereocenters. The molecule has 0 radical (unpaired) electrons. The van der Waals surface area contributed by atoms with Crippen LogP contribution in [0, 0.1) is 13.8 Å². The zero-order valence-electron chi connectivity index (χ0n) is 13.2. The molecule has 1 aromatic carbocycles. The number of hydrogen-bond donors (Lipinski definition) is 1. The number of carboxylic acids is 1. The van der Waals surface area contributed by atoms with Crippen LogP contribution < -0.4 is 0 Å². The summed E-state index contributed by atoms with van der Waals surface area (Å²) in [5.74, 6) is -0.854. The van der Waals surface area contributed by atoms with Crippen molar-refractivity contribution in [3.05, 3.63) is 58.9 Å². The van der Waals surface area contributed by atoms with E-state index in [-0.39, 0.29) is 5.54 Å². The predicted molar refractivity (Wildman–Crippen MR) is 85.0 cm³/mol. The molecule has 0 aliphatic rings. The maximum atomic E-state index is 11.3. The van der Waals surface area contributed by atoms with Crippen molar-refractivity contribution in [2.75, 3.05) is 0 Å². The number of aromatic nitrogens is 1. The van der Waals surface area contributed by atoms with Crippen LogP contribution in [0.4, 0.5) is 0 Å². The fraction of sp³-hybridized carbons (Fsp3) is 0.389. The summed E-state index contributed by atoms with van der Waals surface area (Å²) in [6.07, 6.45) is 1.94. The third-order valence-electron chi connectivity index (χ3n) is 4.14. The number of hydrogen-bond acceptors (Lipinski definition) is 1. The Morgan fingerprint density at radius 2 is 1.81 bits per heavy atom. The van der Waals surface area contributed by atoms with Gasteiger partial charge in [0.15, 0.2) is 0 Å². The minimum Gasteiger partial charge on any atom is -0.478 e. The maximum Gasteiger partial charge on any atom is 0.337 e. The van der Waals surface area contributed by atoms with Gasteiger partial charge < -0.3 is 9.67 Å². The first-order valence-electron chi connectivity index (χ1n) is 7.29. The van der Waals surface area contributed by atoms with Crippen molar-refractivity contribution in [3.63, 3.8) is 0 Å². The molecule has 0 unspecified atom stereocenters. The first-order valence-corrected chi connectivity index (χ1v) is 7.29. The van der Waals surface area contributed by atoms with Crippen LogP contribution in [0.5, 0.6) is 0 Å². The van der Waals surface area contributed by atoms with E-state index in [1.807, 2.05) is 19.9 Å². The third-order valence-corrected chi connectivity index (χ3v) is 4.14. The molecule has 21 heavy (non-hydrogen) atoms. The van der Waals surface area contributed by atoms with Gasteiger partial charge in [-0.3, -0.25) is 0 Å². The van der Waals surface area contributed by atoms with E-state index in [1.54, 1.807) is 6.07 Å². The van der Waals surface area contributed by atoms with Gasteiger partial charge in [-0.05, 0) is 52.2 Å². The van der Waals surface area contributed by atoms with Gasteiger partial charge in [-0.25, -0.2) is 4.79 Å². The topological polar surface area (TPSA) is 42.2 Å². The highest BCUT2D eigenvalue weighted by Gasteiger charge is 2.26. The van der Waals surface area contributed by atoms with Crippen molar-refractivity contribution < 1.29 is 9.90 Å². The lowest BCUT2D eigenvalue weighted by atomic mass is 9.94. The summed E-state index contributed by atoms with van der Waals surface area (Å²) in [4.78, 5) is 11.3. The lowest BCUT2D eigenvalue weighted by Gasteiger charge is -2.31. The number of carboxylic acid groups (broad SMARTS) is 1.